The highest BCUT2D eigenvalue weighted by Gasteiger charge is 2.23. The van der Waals surface area contributed by atoms with Crippen molar-refractivity contribution in [1.82, 2.24) is 0 Å². The van der Waals surface area contributed by atoms with Crippen molar-refractivity contribution in [2.24, 2.45) is 11.7 Å². The molecular weight excluding hydrogens is 316 g/mol. The van der Waals surface area contributed by atoms with Crippen LogP contribution in [-0.4, -0.2) is 11.9 Å². The maximum Gasteiger partial charge on any atom is 0.231 e. The Morgan fingerprint density at radius 3 is 2.83 bits per heavy atom. The van der Waals surface area contributed by atoms with Gasteiger partial charge in [-0.3, -0.25) is 4.79 Å². The summed E-state index contributed by atoms with van der Waals surface area (Å²) in [5.41, 5.74) is 7.38. The molecule has 1 amide bonds. The van der Waals surface area contributed by atoms with E-state index in [0.717, 1.165) is 10.0 Å². The lowest BCUT2D eigenvalue weighted by Gasteiger charge is -2.13. The van der Waals surface area contributed by atoms with Crippen molar-refractivity contribution in [3.8, 4) is 0 Å². The summed E-state index contributed by atoms with van der Waals surface area (Å²) in [7, 11) is 0. The van der Waals surface area contributed by atoms with Crippen LogP contribution in [-0.2, 0) is 4.79 Å². The molecule has 2 unspecified atom stereocenters. The molecule has 0 aromatic heterocycles. The molecule has 1 aromatic rings. The monoisotopic (exact) mass is 328 g/mol. The molecule has 2 atom stereocenters. The molecule has 96 valence electrons. The number of carbonyl (C=O) groups excluding carboxylic acids is 1. The molecule has 0 heterocycles. The van der Waals surface area contributed by atoms with E-state index in [1.54, 1.807) is 6.07 Å². The van der Waals surface area contributed by atoms with Crippen molar-refractivity contribution < 1.29 is 4.79 Å². The fourth-order valence-electron chi connectivity index (χ4n) is 1.89. The van der Waals surface area contributed by atoms with Gasteiger partial charge in [0.1, 0.15) is 0 Å². The van der Waals surface area contributed by atoms with Crippen LogP contribution in [0.5, 0.6) is 0 Å². The molecule has 5 heteroatoms. The zero-order valence-corrected chi connectivity index (χ0v) is 12.3. The first-order chi connectivity index (χ1) is 8.47. The van der Waals surface area contributed by atoms with Gasteiger partial charge in [0.25, 0.3) is 0 Å². The van der Waals surface area contributed by atoms with E-state index in [9.17, 15) is 4.79 Å². The fraction of sp³-hybridized carbons (Fsp3) is 0.308. The lowest BCUT2D eigenvalue weighted by atomic mass is 10.1. The minimum atomic E-state index is -0.160. The number of amides is 1. The highest BCUT2D eigenvalue weighted by molar-refractivity contribution is 9.10. The maximum atomic E-state index is 12.0. The Balaban J connectivity index is 2.12. The van der Waals surface area contributed by atoms with Gasteiger partial charge in [-0.15, -0.1) is 0 Å². The molecule has 0 aliphatic heterocycles. The molecule has 0 spiro atoms. The quantitative estimate of drug-likeness (QED) is 0.818. The smallest absolute Gasteiger partial charge is 0.231 e. The highest BCUT2D eigenvalue weighted by atomic mass is 79.9. The Labute approximate surface area is 120 Å². The Hall–Kier alpha value is -0.840. The van der Waals surface area contributed by atoms with E-state index in [2.05, 4.69) is 21.2 Å². The normalized spacial score (nSPS) is 22.2. The molecule has 0 radical (unpaired) electrons. The predicted octanol–water partition coefficient (Wildman–Crippen LogP) is 3.25. The summed E-state index contributed by atoms with van der Waals surface area (Å²) in [6, 6.07) is 3.61. The van der Waals surface area contributed by atoms with Crippen molar-refractivity contribution in [2.75, 3.05) is 5.32 Å². The van der Waals surface area contributed by atoms with E-state index in [1.165, 1.54) is 0 Å². The van der Waals surface area contributed by atoms with Crippen LogP contribution in [0.15, 0.2) is 28.8 Å². The van der Waals surface area contributed by atoms with E-state index in [0.29, 0.717) is 17.1 Å². The van der Waals surface area contributed by atoms with Crippen molar-refractivity contribution in [3.63, 3.8) is 0 Å². The molecule has 0 saturated carbocycles. The number of nitrogens with two attached hydrogens (primary N) is 1. The molecule has 3 nitrogen and oxygen atoms in total. The number of benzene rings is 1. The van der Waals surface area contributed by atoms with Crippen LogP contribution in [0.25, 0.3) is 0 Å². The number of hydrogen-bond donors (Lipinski definition) is 2. The number of nitrogens with one attached hydrogen (secondary N) is 1. The van der Waals surface area contributed by atoms with Crippen LogP contribution in [0, 0.1) is 12.8 Å². The number of anilines is 1. The molecule has 0 fully saturated rings. The van der Waals surface area contributed by atoms with Gasteiger partial charge in [0, 0.05) is 15.5 Å². The summed E-state index contributed by atoms with van der Waals surface area (Å²) >= 11 is 9.46. The summed E-state index contributed by atoms with van der Waals surface area (Å²) in [5.74, 6) is -0.216. The van der Waals surface area contributed by atoms with Gasteiger partial charge >= 0.3 is 0 Å². The Morgan fingerprint density at radius 2 is 2.22 bits per heavy atom. The van der Waals surface area contributed by atoms with Gasteiger partial charge in [-0.1, -0.05) is 23.8 Å². The summed E-state index contributed by atoms with van der Waals surface area (Å²) in [6.45, 7) is 1.91. The van der Waals surface area contributed by atoms with Gasteiger partial charge in [-0.05, 0) is 47.0 Å². The Bertz CT molecular complexity index is 516. The first-order valence-electron chi connectivity index (χ1n) is 5.68. The molecule has 3 N–H and O–H groups in total. The third-order valence-electron chi connectivity index (χ3n) is 2.96. The van der Waals surface area contributed by atoms with Gasteiger partial charge in [0.05, 0.1) is 11.6 Å². The first kappa shape index (κ1) is 13.6. The lowest BCUT2D eigenvalue weighted by Crippen LogP contribution is -2.24. The largest absolute Gasteiger partial charge is 0.325 e. The van der Waals surface area contributed by atoms with Crippen LogP contribution in [0.3, 0.4) is 0 Å². The molecule has 0 saturated heterocycles. The number of hydrogen-bond acceptors (Lipinski definition) is 2. The molecule has 1 aliphatic carbocycles. The third-order valence-corrected chi connectivity index (χ3v) is 4.02. The van der Waals surface area contributed by atoms with Crippen molar-refractivity contribution in [1.29, 1.82) is 0 Å². The summed E-state index contributed by atoms with van der Waals surface area (Å²) in [5, 5.41) is 3.50. The van der Waals surface area contributed by atoms with Gasteiger partial charge in [-0.2, -0.15) is 0 Å². The zero-order chi connectivity index (χ0) is 13.3. The lowest BCUT2D eigenvalue weighted by molar-refractivity contribution is -0.118. The van der Waals surface area contributed by atoms with Crippen LogP contribution in [0.4, 0.5) is 5.69 Å². The molecule has 1 aromatic carbocycles. The molecule has 0 bridgehead atoms. The maximum absolute atomic E-state index is 12.0. The zero-order valence-electron chi connectivity index (χ0n) is 9.91. The van der Waals surface area contributed by atoms with Crippen molar-refractivity contribution in [3.05, 3.63) is 39.3 Å². The minimum absolute atomic E-state index is 0.0224. The standard InChI is InChI=1S/C13H14BrClN2O/c1-7-4-10(14)12(6-11(7)15)17-13(18)8-2-3-9(16)5-8/h2-4,6,8-9H,5,16H2,1H3,(H,17,18). The second-order valence-electron chi connectivity index (χ2n) is 4.46. The van der Waals surface area contributed by atoms with E-state index in [4.69, 9.17) is 17.3 Å². The van der Waals surface area contributed by atoms with Gasteiger partial charge in [-0.25, -0.2) is 0 Å². The molecule has 1 aliphatic rings. The van der Waals surface area contributed by atoms with E-state index < -0.39 is 0 Å². The van der Waals surface area contributed by atoms with Crippen LogP contribution < -0.4 is 11.1 Å². The van der Waals surface area contributed by atoms with E-state index in [-0.39, 0.29) is 17.9 Å². The second kappa shape index (κ2) is 5.43. The number of rotatable bonds is 2. The van der Waals surface area contributed by atoms with E-state index in [1.807, 2.05) is 25.1 Å². The first-order valence-corrected chi connectivity index (χ1v) is 6.85. The summed E-state index contributed by atoms with van der Waals surface area (Å²) in [6.07, 6.45) is 4.37. The Kier molecular flexibility index (Phi) is 4.10. The van der Waals surface area contributed by atoms with Crippen LogP contribution in [0.1, 0.15) is 12.0 Å². The van der Waals surface area contributed by atoms with Crippen molar-refractivity contribution >= 4 is 39.1 Å². The number of halogens is 2. The van der Waals surface area contributed by atoms with Gasteiger partial charge in [0.15, 0.2) is 0 Å². The van der Waals surface area contributed by atoms with Crippen molar-refractivity contribution in [2.45, 2.75) is 19.4 Å². The molecular formula is C13H14BrClN2O. The van der Waals surface area contributed by atoms with Crippen LogP contribution >= 0.6 is 27.5 Å². The molecule has 18 heavy (non-hydrogen) atoms. The Morgan fingerprint density at radius 1 is 1.50 bits per heavy atom. The second-order valence-corrected chi connectivity index (χ2v) is 5.72. The third kappa shape index (κ3) is 2.94. The van der Waals surface area contributed by atoms with Crippen LogP contribution in [0.2, 0.25) is 5.02 Å². The topological polar surface area (TPSA) is 55.1 Å². The SMILES string of the molecule is Cc1cc(Br)c(NC(=O)C2C=CC(N)C2)cc1Cl. The minimum Gasteiger partial charge on any atom is -0.325 e. The average Bonchev–Trinajstić information content (AvgIpc) is 2.73. The average molecular weight is 330 g/mol. The van der Waals surface area contributed by atoms with Gasteiger partial charge < -0.3 is 11.1 Å². The summed E-state index contributed by atoms with van der Waals surface area (Å²) < 4.78 is 0.823. The highest BCUT2D eigenvalue weighted by Crippen LogP contribution is 2.30. The molecule has 2 rings (SSSR count). The van der Waals surface area contributed by atoms with E-state index >= 15 is 0 Å². The number of carbonyl (C=O) groups is 1. The predicted molar refractivity (Wildman–Crippen MR) is 77.7 cm³/mol. The fourth-order valence-corrected chi connectivity index (χ4v) is 2.61. The number of aryl methyl sites for hydroxylation is 1. The summed E-state index contributed by atoms with van der Waals surface area (Å²) in [4.78, 5) is 12.0. The van der Waals surface area contributed by atoms with Gasteiger partial charge in [0.2, 0.25) is 5.91 Å².